The lowest BCUT2D eigenvalue weighted by molar-refractivity contribution is -0.154. The summed E-state index contributed by atoms with van der Waals surface area (Å²) in [5.74, 6) is -2.93. The van der Waals surface area contributed by atoms with E-state index in [1.807, 2.05) is 0 Å². The molecular formula is C23H19BrCl2N2O4. The van der Waals surface area contributed by atoms with Gasteiger partial charge < -0.3 is 0 Å². The van der Waals surface area contributed by atoms with Gasteiger partial charge in [-0.05, 0) is 43.2 Å². The molecule has 1 saturated heterocycles. The van der Waals surface area contributed by atoms with Crippen molar-refractivity contribution in [3.8, 4) is 0 Å². The average Bonchev–Trinajstić information content (AvgIpc) is 3.02. The zero-order valence-corrected chi connectivity index (χ0v) is 20.0. The third-order valence-corrected chi connectivity index (χ3v) is 6.99. The van der Waals surface area contributed by atoms with Gasteiger partial charge in [0.25, 0.3) is 17.7 Å². The van der Waals surface area contributed by atoms with Crippen LogP contribution in [0.5, 0.6) is 0 Å². The number of amides is 3. The van der Waals surface area contributed by atoms with Crippen molar-refractivity contribution in [2.75, 3.05) is 6.54 Å². The predicted octanol–water partition coefficient (Wildman–Crippen LogP) is 5.17. The SMILES string of the molecule is O=C(CN(C(=O)c1ccc(Cl)cc1Cl)N1C(=O)[C@@H]2CCCC[C@H]2C1=O)c1ccc(Br)cc1. The van der Waals surface area contributed by atoms with E-state index in [1.54, 1.807) is 24.3 Å². The maximum Gasteiger partial charge on any atom is 0.274 e. The second-order valence-electron chi connectivity index (χ2n) is 7.90. The summed E-state index contributed by atoms with van der Waals surface area (Å²) < 4.78 is 0.795. The quantitative estimate of drug-likeness (QED) is 0.389. The van der Waals surface area contributed by atoms with E-state index < -0.39 is 41.9 Å². The first kappa shape index (κ1) is 23.0. The predicted molar refractivity (Wildman–Crippen MR) is 123 cm³/mol. The van der Waals surface area contributed by atoms with Crippen LogP contribution >= 0.6 is 39.1 Å². The van der Waals surface area contributed by atoms with Gasteiger partial charge in [0.05, 0.1) is 22.4 Å². The smallest absolute Gasteiger partial charge is 0.274 e. The fraction of sp³-hybridized carbons (Fsp3) is 0.304. The van der Waals surface area contributed by atoms with Crippen LogP contribution in [0.1, 0.15) is 46.4 Å². The number of ketones is 1. The molecule has 2 atom stereocenters. The summed E-state index contributed by atoms with van der Waals surface area (Å²) in [6, 6.07) is 10.9. The Morgan fingerprint density at radius 1 is 0.969 bits per heavy atom. The van der Waals surface area contributed by atoms with Crippen LogP contribution in [0.25, 0.3) is 0 Å². The van der Waals surface area contributed by atoms with E-state index in [0.29, 0.717) is 23.4 Å². The van der Waals surface area contributed by atoms with Crippen molar-refractivity contribution in [1.29, 1.82) is 0 Å². The molecule has 0 N–H and O–H groups in total. The van der Waals surface area contributed by atoms with Crippen molar-refractivity contribution >= 4 is 62.6 Å². The van der Waals surface area contributed by atoms with Crippen molar-refractivity contribution in [1.82, 2.24) is 10.0 Å². The zero-order valence-electron chi connectivity index (χ0n) is 16.9. The van der Waals surface area contributed by atoms with E-state index in [2.05, 4.69) is 15.9 Å². The lowest BCUT2D eigenvalue weighted by Gasteiger charge is -2.30. The number of rotatable bonds is 5. The van der Waals surface area contributed by atoms with Gasteiger partial charge in [-0.3, -0.25) is 19.2 Å². The highest BCUT2D eigenvalue weighted by molar-refractivity contribution is 9.10. The third-order valence-electron chi connectivity index (χ3n) is 5.91. The number of nitrogens with zero attached hydrogens (tertiary/aromatic N) is 2. The summed E-state index contributed by atoms with van der Waals surface area (Å²) in [6.45, 7) is -0.476. The Morgan fingerprint density at radius 3 is 2.12 bits per heavy atom. The van der Waals surface area contributed by atoms with Crippen LogP contribution in [0.4, 0.5) is 0 Å². The molecule has 1 saturated carbocycles. The van der Waals surface area contributed by atoms with Crippen LogP contribution < -0.4 is 0 Å². The van der Waals surface area contributed by atoms with E-state index >= 15 is 0 Å². The van der Waals surface area contributed by atoms with E-state index in [9.17, 15) is 19.2 Å². The maximum absolute atomic E-state index is 13.5. The van der Waals surface area contributed by atoms with Gasteiger partial charge in [0, 0.05) is 15.1 Å². The molecule has 2 aromatic rings. The number of benzene rings is 2. The Kier molecular flexibility index (Phi) is 6.70. The topological polar surface area (TPSA) is 74.8 Å². The Morgan fingerprint density at radius 2 is 1.56 bits per heavy atom. The van der Waals surface area contributed by atoms with Crippen LogP contribution in [-0.4, -0.2) is 40.1 Å². The summed E-state index contributed by atoms with van der Waals surface area (Å²) >= 11 is 15.5. The average molecular weight is 538 g/mol. The van der Waals surface area contributed by atoms with Crippen LogP contribution in [0.15, 0.2) is 46.9 Å². The molecule has 0 bridgehead atoms. The molecule has 0 spiro atoms. The van der Waals surface area contributed by atoms with Crippen molar-refractivity contribution in [2.45, 2.75) is 25.7 Å². The number of hydrazine groups is 1. The molecule has 0 radical (unpaired) electrons. The molecule has 2 aromatic carbocycles. The molecule has 4 rings (SSSR count). The summed E-state index contributed by atoms with van der Waals surface area (Å²) in [4.78, 5) is 52.8. The third kappa shape index (κ3) is 4.34. The van der Waals surface area contributed by atoms with Gasteiger partial charge >= 0.3 is 0 Å². The minimum Gasteiger partial charge on any atom is -0.292 e. The molecule has 3 amide bonds. The van der Waals surface area contributed by atoms with Gasteiger partial charge in [0.1, 0.15) is 6.54 Å². The number of carbonyl (C=O) groups excluding carboxylic acids is 4. The van der Waals surface area contributed by atoms with Crippen molar-refractivity contribution in [3.63, 3.8) is 0 Å². The van der Waals surface area contributed by atoms with Crippen LogP contribution in [0.2, 0.25) is 10.0 Å². The molecule has 6 nitrogen and oxygen atoms in total. The number of imide groups is 1. The van der Waals surface area contributed by atoms with Crippen LogP contribution in [0, 0.1) is 11.8 Å². The van der Waals surface area contributed by atoms with E-state index in [4.69, 9.17) is 23.2 Å². The standard InChI is InChI=1S/C23H19BrCl2N2O4/c24-14-7-5-13(6-8-14)20(29)12-27(21(30)18-10-9-15(25)11-19(18)26)28-22(31)16-3-1-2-4-17(16)23(28)32/h5-11,16-17H,1-4,12H2/t16-,17-/m1/s1. The van der Waals surface area contributed by atoms with Gasteiger partial charge in [0.15, 0.2) is 5.78 Å². The molecule has 0 unspecified atom stereocenters. The summed E-state index contributed by atoms with van der Waals surface area (Å²) in [5.41, 5.74) is 0.403. The van der Waals surface area contributed by atoms with Gasteiger partial charge in [-0.25, -0.2) is 5.01 Å². The number of Topliss-reactive ketones (excluding diaryl/α,β-unsaturated/α-hetero) is 1. The van der Waals surface area contributed by atoms with Crippen LogP contribution in [-0.2, 0) is 9.59 Å². The summed E-state index contributed by atoms with van der Waals surface area (Å²) in [6.07, 6.45) is 2.89. The monoisotopic (exact) mass is 536 g/mol. The highest BCUT2D eigenvalue weighted by Crippen LogP contribution is 2.39. The van der Waals surface area contributed by atoms with Gasteiger partial charge in [-0.15, -0.1) is 0 Å². The highest BCUT2D eigenvalue weighted by atomic mass is 79.9. The molecule has 9 heteroatoms. The van der Waals surface area contributed by atoms with Crippen molar-refractivity contribution < 1.29 is 19.2 Å². The van der Waals surface area contributed by atoms with E-state index in [-0.39, 0.29) is 10.6 Å². The minimum atomic E-state index is -0.711. The molecule has 2 fully saturated rings. The van der Waals surface area contributed by atoms with Gasteiger partial charge in [-0.2, -0.15) is 5.01 Å². The Hall–Kier alpha value is -2.22. The molecule has 166 valence electrons. The maximum atomic E-state index is 13.5. The molecule has 1 aliphatic carbocycles. The molecule has 2 aliphatic rings. The molecule has 1 heterocycles. The highest BCUT2D eigenvalue weighted by Gasteiger charge is 2.51. The normalized spacial score (nSPS) is 20.3. The fourth-order valence-electron chi connectivity index (χ4n) is 4.28. The zero-order chi connectivity index (χ0) is 23.0. The first-order valence-electron chi connectivity index (χ1n) is 10.2. The first-order chi connectivity index (χ1) is 15.3. The molecule has 0 aromatic heterocycles. The molecule has 1 aliphatic heterocycles. The Labute approximate surface area is 203 Å². The Bertz CT molecular complexity index is 1080. The molecule has 32 heavy (non-hydrogen) atoms. The van der Waals surface area contributed by atoms with Crippen LogP contribution in [0.3, 0.4) is 0 Å². The number of hydrogen-bond acceptors (Lipinski definition) is 4. The summed E-state index contributed by atoms with van der Waals surface area (Å²) in [7, 11) is 0. The van der Waals surface area contributed by atoms with Gasteiger partial charge in [-0.1, -0.05) is 64.1 Å². The summed E-state index contributed by atoms with van der Waals surface area (Å²) in [5, 5.41) is 2.20. The number of hydrogen-bond donors (Lipinski definition) is 0. The number of carbonyl (C=O) groups is 4. The van der Waals surface area contributed by atoms with Crippen molar-refractivity contribution in [3.05, 3.63) is 68.1 Å². The second kappa shape index (κ2) is 9.33. The largest absolute Gasteiger partial charge is 0.292 e. The lowest BCUT2D eigenvalue weighted by Crippen LogP contribution is -2.52. The molecular weight excluding hydrogens is 519 g/mol. The second-order valence-corrected chi connectivity index (χ2v) is 9.66. The lowest BCUT2D eigenvalue weighted by atomic mass is 9.81. The first-order valence-corrected chi connectivity index (χ1v) is 11.8. The minimum absolute atomic E-state index is 0.0511. The van der Waals surface area contributed by atoms with E-state index in [0.717, 1.165) is 27.3 Å². The van der Waals surface area contributed by atoms with E-state index in [1.165, 1.54) is 18.2 Å². The number of fused-ring (bicyclic) bond motifs is 1. The fourth-order valence-corrected chi connectivity index (χ4v) is 5.03. The Balaban J connectivity index is 1.71. The van der Waals surface area contributed by atoms with Crippen molar-refractivity contribution in [2.24, 2.45) is 11.8 Å². The number of halogens is 3. The van der Waals surface area contributed by atoms with Gasteiger partial charge in [0.2, 0.25) is 0 Å².